The number of fused-ring (bicyclic) bond motifs is 3. The lowest BCUT2D eigenvalue weighted by Crippen LogP contribution is -2.48. The average Bonchev–Trinajstić information content (AvgIpc) is 2.54. The van der Waals surface area contributed by atoms with Crippen LogP contribution in [-0.2, 0) is 16.0 Å². The zero-order valence-corrected chi connectivity index (χ0v) is 12.0. The second kappa shape index (κ2) is 4.79. The van der Waals surface area contributed by atoms with Gasteiger partial charge >= 0.3 is 6.18 Å². The van der Waals surface area contributed by atoms with Crippen LogP contribution in [0.4, 0.5) is 24.5 Å². The van der Waals surface area contributed by atoms with Crippen LogP contribution in [0.2, 0.25) is 0 Å². The fourth-order valence-corrected chi connectivity index (χ4v) is 4.50. The third-order valence-corrected chi connectivity index (χ3v) is 5.65. The van der Waals surface area contributed by atoms with Crippen molar-refractivity contribution in [3.63, 3.8) is 0 Å². The second-order valence-corrected chi connectivity index (χ2v) is 7.64. The Morgan fingerprint density at radius 2 is 2.05 bits per heavy atom. The normalized spacial score (nSPS) is 24.5. The van der Waals surface area contributed by atoms with Gasteiger partial charge in [-0.2, -0.15) is 13.2 Å². The fraction of sp³-hybridized carbons (Fsp3) is 0.538. The molecule has 1 N–H and O–H groups in total. The van der Waals surface area contributed by atoms with Crippen molar-refractivity contribution in [3.8, 4) is 0 Å². The van der Waals surface area contributed by atoms with Gasteiger partial charge in [-0.15, -0.1) is 0 Å². The number of benzene rings is 1. The number of hydrogen-bond donors (Lipinski definition) is 1. The topological polar surface area (TPSA) is 49.4 Å². The molecule has 1 unspecified atom stereocenters. The summed E-state index contributed by atoms with van der Waals surface area (Å²) in [6.07, 6.45) is -3.79. The Labute approximate surface area is 120 Å². The maximum atomic E-state index is 12.8. The molecule has 1 fully saturated rings. The Morgan fingerprint density at radius 1 is 1.29 bits per heavy atom. The maximum absolute atomic E-state index is 12.8. The molecular weight excluding hydrogens is 305 g/mol. The summed E-state index contributed by atoms with van der Waals surface area (Å²) in [5, 5.41) is 2.98. The van der Waals surface area contributed by atoms with Crippen molar-refractivity contribution in [1.82, 2.24) is 0 Å². The van der Waals surface area contributed by atoms with Gasteiger partial charge in [-0.25, -0.2) is 8.42 Å². The largest absolute Gasteiger partial charge is 0.416 e. The van der Waals surface area contributed by atoms with Crippen molar-refractivity contribution < 1.29 is 21.6 Å². The summed E-state index contributed by atoms with van der Waals surface area (Å²) in [7, 11) is -3.05. The Bertz CT molecular complexity index is 658. The zero-order chi connectivity index (χ0) is 15.3. The fourth-order valence-electron chi connectivity index (χ4n) is 2.92. The van der Waals surface area contributed by atoms with Gasteiger partial charge in [0.1, 0.15) is 0 Å². The smallest absolute Gasteiger partial charge is 0.383 e. The third-order valence-electron chi connectivity index (χ3n) is 3.96. The number of nitrogens with one attached hydrogen (secondary N) is 1. The minimum absolute atomic E-state index is 0.0456. The van der Waals surface area contributed by atoms with E-state index in [1.165, 1.54) is 6.07 Å². The highest BCUT2D eigenvalue weighted by Gasteiger charge is 2.36. The lowest BCUT2D eigenvalue weighted by Gasteiger charge is -2.36. The Morgan fingerprint density at radius 3 is 2.76 bits per heavy atom. The van der Waals surface area contributed by atoms with Crippen LogP contribution < -0.4 is 10.2 Å². The molecule has 1 atom stereocenters. The van der Waals surface area contributed by atoms with E-state index in [0.717, 1.165) is 12.1 Å². The molecule has 0 bridgehead atoms. The summed E-state index contributed by atoms with van der Waals surface area (Å²) in [4.78, 5) is 1.91. The number of alkyl halides is 3. The molecule has 3 rings (SSSR count). The monoisotopic (exact) mass is 320 g/mol. The van der Waals surface area contributed by atoms with E-state index in [-0.39, 0.29) is 17.5 Å². The van der Waals surface area contributed by atoms with Gasteiger partial charge in [-0.3, -0.25) is 0 Å². The highest BCUT2D eigenvalue weighted by atomic mass is 32.2. The van der Waals surface area contributed by atoms with Crippen molar-refractivity contribution >= 4 is 21.2 Å². The van der Waals surface area contributed by atoms with Crippen molar-refractivity contribution in [3.05, 3.63) is 23.8 Å². The summed E-state index contributed by atoms with van der Waals surface area (Å²) in [6.45, 7) is 0.790. The number of halogens is 3. The van der Waals surface area contributed by atoms with Crippen LogP contribution in [0.5, 0.6) is 0 Å². The standard InChI is InChI=1S/C13H15F3N2O2S/c14-13(15,16)9-1-2-12-11(7-9)17-4-3-10-8-21(19,20)6-5-18(10)12/h1-2,7,10,17H,3-6,8H2. The molecular formula is C13H15F3N2O2S. The van der Waals surface area contributed by atoms with Gasteiger partial charge in [0, 0.05) is 19.1 Å². The minimum atomic E-state index is -4.38. The Balaban J connectivity index is 1.99. The molecule has 2 aliphatic rings. The summed E-state index contributed by atoms with van der Waals surface area (Å²) in [6, 6.07) is 3.41. The van der Waals surface area contributed by atoms with Gasteiger partial charge in [0.15, 0.2) is 9.84 Å². The van der Waals surface area contributed by atoms with Crippen molar-refractivity contribution in [2.24, 2.45) is 0 Å². The highest BCUT2D eigenvalue weighted by molar-refractivity contribution is 7.91. The molecule has 0 aromatic heterocycles. The predicted molar refractivity (Wildman–Crippen MR) is 74.3 cm³/mol. The lowest BCUT2D eigenvalue weighted by molar-refractivity contribution is -0.137. The molecule has 21 heavy (non-hydrogen) atoms. The van der Waals surface area contributed by atoms with E-state index in [1.54, 1.807) is 0 Å². The quantitative estimate of drug-likeness (QED) is 0.795. The van der Waals surface area contributed by atoms with Crippen LogP contribution in [0.3, 0.4) is 0 Å². The van der Waals surface area contributed by atoms with Crippen LogP contribution in [0.15, 0.2) is 18.2 Å². The first-order valence-electron chi connectivity index (χ1n) is 6.68. The maximum Gasteiger partial charge on any atom is 0.416 e. The van der Waals surface area contributed by atoms with Crippen LogP contribution in [0, 0.1) is 0 Å². The number of nitrogens with zero attached hydrogens (tertiary/aromatic N) is 1. The van der Waals surface area contributed by atoms with E-state index < -0.39 is 21.6 Å². The van der Waals surface area contributed by atoms with Crippen molar-refractivity contribution in [2.75, 3.05) is 34.8 Å². The van der Waals surface area contributed by atoms with Gasteiger partial charge in [-0.05, 0) is 24.6 Å². The SMILES string of the molecule is O=S1(=O)CCN2c3ccc(C(F)(F)F)cc3NCCC2C1. The van der Waals surface area contributed by atoms with Gasteiger partial charge in [0.25, 0.3) is 0 Å². The average molecular weight is 320 g/mol. The lowest BCUT2D eigenvalue weighted by atomic mass is 10.1. The molecule has 0 amide bonds. The number of hydrogen-bond acceptors (Lipinski definition) is 4. The second-order valence-electron chi connectivity index (χ2n) is 5.41. The predicted octanol–water partition coefficient (Wildman–Crippen LogP) is 2.12. The van der Waals surface area contributed by atoms with Crippen molar-refractivity contribution in [2.45, 2.75) is 18.6 Å². The summed E-state index contributed by atoms with van der Waals surface area (Å²) >= 11 is 0. The molecule has 1 aromatic carbocycles. The summed E-state index contributed by atoms with van der Waals surface area (Å²) < 4.78 is 61.8. The summed E-state index contributed by atoms with van der Waals surface area (Å²) in [5.74, 6) is 0.110. The van der Waals surface area contributed by atoms with Crippen molar-refractivity contribution in [1.29, 1.82) is 0 Å². The third kappa shape index (κ3) is 2.81. The summed E-state index contributed by atoms with van der Waals surface area (Å²) in [5.41, 5.74) is 0.379. The van der Waals surface area contributed by atoms with Gasteiger partial charge < -0.3 is 10.2 Å². The van der Waals surface area contributed by atoms with E-state index in [2.05, 4.69) is 5.32 Å². The van der Waals surface area contributed by atoms with Gasteiger partial charge in [-0.1, -0.05) is 0 Å². The molecule has 116 valence electrons. The number of anilines is 2. The first-order chi connectivity index (χ1) is 9.76. The molecule has 0 saturated carbocycles. The van der Waals surface area contributed by atoms with E-state index in [9.17, 15) is 21.6 Å². The molecule has 2 heterocycles. The molecule has 1 aromatic rings. The molecule has 0 radical (unpaired) electrons. The highest BCUT2D eigenvalue weighted by Crippen LogP contribution is 2.38. The van der Waals surface area contributed by atoms with Crippen LogP contribution >= 0.6 is 0 Å². The first-order valence-corrected chi connectivity index (χ1v) is 8.51. The Hall–Kier alpha value is -1.44. The molecule has 0 aliphatic carbocycles. The molecule has 4 nitrogen and oxygen atoms in total. The van der Waals surface area contributed by atoms with Crippen LogP contribution in [0.1, 0.15) is 12.0 Å². The number of sulfone groups is 1. The van der Waals surface area contributed by atoms with Crippen LogP contribution in [0.25, 0.3) is 0 Å². The molecule has 2 aliphatic heterocycles. The van der Waals surface area contributed by atoms with Gasteiger partial charge in [0.05, 0.1) is 28.4 Å². The Kier molecular flexibility index (Phi) is 3.31. The zero-order valence-electron chi connectivity index (χ0n) is 11.2. The molecule has 0 spiro atoms. The minimum Gasteiger partial charge on any atom is -0.383 e. The number of rotatable bonds is 0. The first kappa shape index (κ1) is 14.5. The van der Waals surface area contributed by atoms with Crippen LogP contribution in [-0.4, -0.2) is 39.1 Å². The van der Waals surface area contributed by atoms with E-state index in [0.29, 0.717) is 30.9 Å². The molecule has 1 saturated heterocycles. The van der Waals surface area contributed by atoms with E-state index >= 15 is 0 Å². The van der Waals surface area contributed by atoms with E-state index in [4.69, 9.17) is 0 Å². The van der Waals surface area contributed by atoms with Gasteiger partial charge in [0.2, 0.25) is 0 Å². The van der Waals surface area contributed by atoms with E-state index in [1.807, 2.05) is 4.90 Å². The molecule has 8 heteroatoms.